The van der Waals surface area contributed by atoms with Crippen LogP contribution >= 0.6 is 0 Å². The van der Waals surface area contributed by atoms with Gasteiger partial charge in [-0.2, -0.15) is 13.2 Å². The second-order valence-electron chi connectivity index (χ2n) is 3.80. The van der Waals surface area contributed by atoms with Crippen molar-refractivity contribution >= 4 is 5.97 Å². The van der Waals surface area contributed by atoms with Gasteiger partial charge in [0.2, 0.25) is 0 Å². The molecule has 2 heterocycles. The Kier molecular flexibility index (Phi) is 3.20. The normalized spacial score (nSPS) is 20.1. The molecule has 1 aromatic rings. The maximum Gasteiger partial charge on any atom is 0.434 e. The highest BCUT2D eigenvalue weighted by Gasteiger charge is 2.39. The molecule has 1 aromatic heterocycles. The van der Waals surface area contributed by atoms with Gasteiger partial charge in [-0.15, -0.1) is 0 Å². The van der Waals surface area contributed by atoms with Crippen LogP contribution in [0.15, 0.2) is 6.20 Å². The zero-order valence-corrected chi connectivity index (χ0v) is 9.07. The molecule has 1 fully saturated rings. The molecule has 5 nitrogen and oxygen atoms in total. The topological polar surface area (TPSA) is 72.3 Å². The molecular formula is C10H9F3N2O3. The molecule has 1 aliphatic rings. The lowest BCUT2D eigenvalue weighted by atomic mass is 10.2. The Balaban J connectivity index is 2.45. The quantitative estimate of drug-likeness (QED) is 0.883. The van der Waals surface area contributed by atoms with Gasteiger partial charge in [-0.05, 0) is 12.8 Å². The van der Waals surface area contributed by atoms with Crippen LogP contribution in [0.25, 0.3) is 0 Å². The van der Waals surface area contributed by atoms with E-state index in [-0.39, 0.29) is 5.82 Å². The Morgan fingerprint density at radius 3 is 2.72 bits per heavy atom. The van der Waals surface area contributed by atoms with Gasteiger partial charge in [-0.3, -0.25) is 0 Å². The van der Waals surface area contributed by atoms with Crippen molar-refractivity contribution in [2.75, 3.05) is 6.61 Å². The van der Waals surface area contributed by atoms with E-state index in [9.17, 15) is 18.0 Å². The maximum atomic E-state index is 12.7. The molecule has 1 saturated heterocycles. The van der Waals surface area contributed by atoms with E-state index in [4.69, 9.17) is 9.84 Å². The summed E-state index contributed by atoms with van der Waals surface area (Å²) in [6, 6.07) is 0. The van der Waals surface area contributed by atoms with Crippen LogP contribution < -0.4 is 0 Å². The third-order valence-corrected chi connectivity index (χ3v) is 2.52. The van der Waals surface area contributed by atoms with Crippen molar-refractivity contribution in [3.63, 3.8) is 0 Å². The van der Waals surface area contributed by atoms with Crippen molar-refractivity contribution in [3.8, 4) is 0 Å². The number of nitrogens with zero attached hydrogens (tertiary/aromatic N) is 2. The number of carboxylic acids is 1. The summed E-state index contributed by atoms with van der Waals surface area (Å²) in [7, 11) is 0. The first kappa shape index (κ1) is 12.7. The van der Waals surface area contributed by atoms with Crippen LogP contribution in [-0.4, -0.2) is 27.7 Å². The van der Waals surface area contributed by atoms with E-state index in [1.165, 1.54) is 0 Å². The summed E-state index contributed by atoms with van der Waals surface area (Å²) in [4.78, 5) is 17.6. The number of rotatable bonds is 2. The first-order valence-corrected chi connectivity index (χ1v) is 5.18. The van der Waals surface area contributed by atoms with Gasteiger partial charge in [0.1, 0.15) is 11.7 Å². The van der Waals surface area contributed by atoms with Crippen LogP contribution in [0.3, 0.4) is 0 Å². The molecule has 98 valence electrons. The summed E-state index contributed by atoms with van der Waals surface area (Å²) in [6.07, 6.45) is -3.49. The van der Waals surface area contributed by atoms with Gasteiger partial charge < -0.3 is 9.84 Å². The zero-order chi connectivity index (χ0) is 13.3. The first-order chi connectivity index (χ1) is 8.39. The predicted octanol–water partition coefficient (Wildman–Crippen LogP) is 2.05. The molecule has 0 aromatic carbocycles. The second kappa shape index (κ2) is 4.52. The van der Waals surface area contributed by atoms with Crippen molar-refractivity contribution in [2.24, 2.45) is 0 Å². The van der Waals surface area contributed by atoms with Gasteiger partial charge in [0.25, 0.3) is 0 Å². The van der Waals surface area contributed by atoms with Gasteiger partial charge in [0.05, 0.1) is 0 Å². The SMILES string of the molecule is O=C(O)c1cnc(C2CCCO2)nc1C(F)(F)F. The maximum absolute atomic E-state index is 12.7. The number of carbonyl (C=O) groups is 1. The lowest BCUT2D eigenvalue weighted by Gasteiger charge is -2.13. The monoisotopic (exact) mass is 262 g/mol. The Morgan fingerprint density at radius 1 is 1.50 bits per heavy atom. The van der Waals surface area contributed by atoms with Crippen molar-refractivity contribution < 1.29 is 27.8 Å². The summed E-state index contributed by atoms with van der Waals surface area (Å²) in [5, 5.41) is 8.67. The Labute approximate surface area is 99.6 Å². The van der Waals surface area contributed by atoms with Crippen LogP contribution in [-0.2, 0) is 10.9 Å². The molecule has 0 bridgehead atoms. The summed E-state index contributed by atoms with van der Waals surface area (Å²) >= 11 is 0. The number of halogens is 3. The average Bonchev–Trinajstić information content (AvgIpc) is 2.80. The van der Waals surface area contributed by atoms with Gasteiger partial charge >= 0.3 is 12.1 Å². The minimum atomic E-state index is -4.83. The third-order valence-electron chi connectivity index (χ3n) is 2.52. The zero-order valence-electron chi connectivity index (χ0n) is 9.07. The molecule has 0 spiro atoms. The fourth-order valence-corrected chi connectivity index (χ4v) is 1.70. The first-order valence-electron chi connectivity index (χ1n) is 5.18. The second-order valence-corrected chi connectivity index (χ2v) is 3.80. The lowest BCUT2D eigenvalue weighted by Crippen LogP contribution is -2.18. The van der Waals surface area contributed by atoms with Crippen molar-refractivity contribution in [2.45, 2.75) is 25.1 Å². The molecule has 8 heteroatoms. The Hall–Kier alpha value is -1.70. The highest BCUT2D eigenvalue weighted by Crippen LogP contribution is 2.32. The van der Waals surface area contributed by atoms with Crippen LogP contribution in [0.4, 0.5) is 13.2 Å². The lowest BCUT2D eigenvalue weighted by molar-refractivity contribution is -0.142. The molecule has 1 atom stereocenters. The minimum absolute atomic E-state index is 0.121. The van der Waals surface area contributed by atoms with E-state index in [2.05, 4.69) is 9.97 Å². The fraction of sp³-hybridized carbons (Fsp3) is 0.500. The molecule has 0 aliphatic carbocycles. The van der Waals surface area contributed by atoms with Crippen LogP contribution in [0.2, 0.25) is 0 Å². The molecule has 2 rings (SSSR count). The molecular weight excluding hydrogens is 253 g/mol. The minimum Gasteiger partial charge on any atom is -0.478 e. The summed E-state index contributed by atoms with van der Waals surface area (Å²) < 4.78 is 43.2. The van der Waals surface area contributed by atoms with Crippen molar-refractivity contribution in [1.82, 2.24) is 9.97 Å². The molecule has 0 saturated carbocycles. The highest BCUT2D eigenvalue weighted by atomic mass is 19.4. The number of hydrogen-bond donors (Lipinski definition) is 1. The van der Waals surface area contributed by atoms with Gasteiger partial charge in [-0.25, -0.2) is 14.8 Å². The van der Waals surface area contributed by atoms with E-state index in [0.29, 0.717) is 19.2 Å². The smallest absolute Gasteiger partial charge is 0.434 e. The number of hydrogen-bond acceptors (Lipinski definition) is 4. The Bertz CT molecular complexity index is 470. The molecule has 1 aliphatic heterocycles. The molecule has 18 heavy (non-hydrogen) atoms. The van der Waals surface area contributed by atoms with Crippen molar-refractivity contribution in [3.05, 3.63) is 23.3 Å². The van der Waals surface area contributed by atoms with E-state index in [0.717, 1.165) is 6.42 Å². The predicted molar refractivity (Wildman–Crippen MR) is 51.9 cm³/mol. The van der Waals surface area contributed by atoms with Crippen LogP contribution in [0.5, 0.6) is 0 Å². The number of ether oxygens (including phenoxy) is 1. The molecule has 0 radical (unpaired) electrons. The van der Waals surface area contributed by atoms with E-state index < -0.39 is 29.5 Å². The Morgan fingerprint density at radius 2 is 2.22 bits per heavy atom. The van der Waals surface area contributed by atoms with E-state index in [1.807, 2.05) is 0 Å². The van der Waals surface area contributed by atoms with Crippen LogP contribution in [0, 0.1) is 0 Å². The van der Waals surface area contributed by atoms with Crippen LogP contribution in [0.1, 0.15) is 40.8 Å². The largest absolute Gasteiger partial charge is 0.478 e. The van der Waals surface area contributed by atoms with Gasteiger partial charge in [0.15, 0.2) is 11.5 Å². The molecule has 1 N–H and O–H groups in total. The fourth-order valence-electron chi connectivity index (χ4n) is 1.70. The number of aromatic carboxylic acids is 1. The van der Waals surface area contributed by atoms with E-state index >= 15 is 0 Å². The highest BCUT2D eigenvalue weighted by molar-refractivity contribution is 5.88. The standard InChI is InChI=1S/C10H9F3N2O3/c11-10(12,13)7-5(9(16)17)4-14-8(15-7)6-2-1-3-18-6/h4,6H,1-3H2,(H,16,17). The summed E-state index contributed by atoms with van der Waals surface area (Å²) in [5.41, 5.74) is -2.39. The van der Waals surface area contributed by atoms with E-state index in [1.54, 1.807) is 0 Å². The number of carboxylic acid groups (broad SMARTS) is 1. The van der Waals surface area contributed by atoms with Crippen molar-refractivity contribution in [1.29, 1.82) is 0 Å². The number of alkyl halides is 3. The van der Waals surface area contributed by atoms with Gasteiger partial charge in [-0.1, -0.05) is 0 Å². The third kappa shape index (κ3) is 2.42. The summed E-state index contributed by atoms with van der Waals surface area (Å²) in [6.45, 7) is 0.441. The molecule has 1 unspecified atom stereocenters. The van der Waals surface area contributed by atoms with Gasteiger partial charge in [0, 0.05) is 12.8 Å². The molecule has 0 amide bonds. The average molecular weight is 262 g/mol. The number of aromatic nitrogens is 2. The summed E-state index contributed by atoms with van der Waals surface area (Å²) in [5.74, 6) is -1.83.